The Morgan fingerprint density at radius 2 is 1.88 bits per heavy atom. The van der Waals surface area contributed by atoms with Gasteiger partial charge in [0.25, 0.3) is 0 Å². The normalized spacial score (nSPS) is 35.6. The zero-order valence-corrected chi connectivity index (χ0v) is 9.00. The number of carbonyl (C=O) groups is 1. The van der Waals surface area contributed by atoms with Crippen molar-refractivity contribution in [1.82, 2.24) is 5.01 Å². The van der Waals surface area contributed by atoms with Crippen molar-refractivity contribution in [1.29, 1.82) is 0 Å². The van der Waals surface area contributed by atoms with Gasteiger partial charge in [0.05, 0.1) is 16.8 Å². The van der Waals surface area contributed by atoms with Gasteiger partial charge < -0.3 is 10.2 Å². The highest BCUT2D eigenvalue weighted by atomic mass is 16.4. The van der Waals surface area contributed by atoms with Crippen LogP contribution in [-0.4, -0.2) is 39.9 Å². The van der Waals surface area contributed by atoms with E-state index in [-0.39, 0.29) is 5.92 Å². The summed E-state index contributed by atoms with van der Waals surface area (Å²) in [5, 5.41) is 23.3. The first-order chi connectivity index (χ1) is 7.55. The first kappa shape index (κ1) is 11.3. The van der Waals surface area contributed by atoms with E-state index in [9.17, 15) is 14.8 Å². The highest BCUT2D eigenvalue weighted by molar-refractivity contribution is 5.71. The quantitative estimate of drug-likeness (QED) is 0.690. The number of piperidine rings is 1. The van der Waals surface area contributed by atoms with Crippen LogP contribution in [0.15, 0.2) is 5.29 Å². The first-order valence-corrected chi connectivity index (χ1v) is 5.58. The van der Waals surface area contributed by atoms with Crippen LogP contribution in [-0.2, 0) is 4.79 Å². The van der Waals surface area contributed by atoms with E-state index in [0.717, 1.165) is 0 Å². The molecule has 6 nitrogen and oxygen atoms in total. The van der Waals surface area contributed by atoms with E-state index in [1.807, 2.05) is 0 Å². The molecule has 0 aromatic carbocycles. The number of carboxylic acid groups (broad SMARTS) is 1. The van der Waals surface area contributed by atoms with Crippen molar-refractivity contribution in [2.75, 3.05) is 13.1 Å². The molecule has 2 N–H and O–H groups in total. The average molecular weight is 228 g/mol. The minimum absolute atomic E-state index is 0.112. The molecule has 2 rings (SSSR count). The molecule has 2 fully saturated rings. The molecule has 0 aromatic heterocycles. The molecule has 6 heteroatoms. The summed E-state index contributed by atoms with van der Waals surface area (Å²) in [7, 11) is 0. The predicted octanol–water partition coefficient (Wildman–Crippen LogP) is 0.605. The Labute approximate surface area is 93.2 Å². The minimum Gasteiger partial charge on any atom is -0.481 e. The van der Waals surface area contributed by atoms with Crippen molar-refractivity contribution < 1.29 is 15.0 Å². The minimum atomic E-state index is -0.823. The molecule has 0 spiro atoms. The maximum absolute atomic E-state index is 10.7. The molecule has 2 aliphatic rings. The number of nitroso groups, excluding NO2 is 1. The molecule has 1 saturated carbocycles. The van der Waals surface area contributed by atoms with Crippen molar-refractivity contribution in [3.8, 4) is 0 Å². The topological polar surface area (TPSA) is 90.2 Å². The van der Waals surface area contributed by atoms with E-state index in [2.05, 4.69) is 5.29 Å². The van der Waals surface area contributed by atoms with E-state index in [4.69, 9.17) is 5.11 Å². The lowest BCUT2D eigenvalue weighted by molar-refractivity contribution is -0.170. The first-order valence-electron chi connectivity index (χ1n) is 5.58. The molecule has 0 amide bonds. The fraction of sp³-hybridized carbons (Fsp3) is 0.900. The summed E-state index contributed by atoms with van der Waals surface area (Å²) in [5.41, 5.74) is -0.821. The Balaban J connectivity index is 1.86. The molecular formula is C10H16N2O4. The second-order valence-corrected chi connectivity index (χ2v) is 4.86. The van der Waals surface area contributed by atoms with Gasteiger partial charge in [0.15, 0.2) is 0 Å². The van der Waals surface area contributed by atoms with E-state index in [0.29, 0.717) is 38.8 Å². The molecule has 0 bridgehead atoms. The number of hydrogen-bond donors (Lipinski definition) is 2. The molecule has 1 aliphatic heterocycles. The van der Waals surface area contributed by atoms with Gasteiger partial charge in [-0.05, 0) is 31.6 Å². The summed E-state index contributed by atoms with van der Waals surface area (Å²) in [4.78, 5) is 21.0. The fourth-order valence-corrected chi connectivity index (χ4v) is 2.79. The number of aliphatic carboxylic acids is 1. The van der Waals surface area contributed by atoms with Gasteiger partial charge in [-0.2, -0.15) is 0 Å². The van der Waals surface area contributed by atoms with Crippen LogP contribution in [0.1, 0.15) is 25.7 Å². The fourth-order valence-electron chi connectivity index (χ4n) is 2.79. The van der Waals surface area contributed by atoms with Gasteiger partial charge in [-0.15, -0.1) is 4.91 Å². The molecule has 0 atom stereocenters. The molecule has 0 unspecified atom stereocenters. The van der Waals surface area contributed by atoms with E-state index in [1.165, 1.54) is 5.01 Å². The van der Waals surface area contributed by atoms with Crippen LogP contribution >= 0.6 is 0 Å². The third-order valence-electron chi connectivity index (χ3n) is 3.90. The van der Waals surface area contributed by atoms with Crippen molar-refractivity contribution in [2.45, 2.75) is 31.3 Å². The van der Waals surface area contributed by atoms with Gasteiger partial charge in [-0.1, -0.05) is 0 Å². The van der Waals surface area contributed by atoms with Crippen LogP contribution in [0.4, 0.5) is 0 Å². The number of nitrogens with zero attached hydrogens (tertiary/aromatic N) is 2. The van der Waals surface area contributed by atoms with Crippen molar-refractivity contribution >= 4 is 5.97 Å². The summed E-state index contributed by atoms with van der Waals surface area (Å²) in [6.07, 6.45) is 2.13. The van der Waals surface area contributed by atoms with Gasteiger partial charge >= 0.3 is 5.97 Å². The van der Waals surface area contributed by atoms with Gasteiger partial charge in [-0.3, -0.25) is 9.80 Å². The smallest absolute Gasteiger partial charge is 0.306 e. The number of rotatable bonds is 3. The molecule has 0 radical (unpaired) electrons. The monoisotopic (exact) mass is 228 g/mol. The lowest BCUT2D eigenvalue weighted by atomic mass is 9.62. The largest absolute Gasteiger partial charge is 0.481 e. The second kappa shape index (κ2) is 4.01. The standard InChI is InChI=1S/C10H16N2O4/c13-9(14)7-5-10(15,6-7)8-1-3-12(11-16)4-2-8/h7-8,15H,1-6H2,(H,13,14). The highest BCUT2D eigenvalue weighted by Crippen LogP contribution is 2.46. The van der Waals surface area contributed by atoms with Crippen LogP contribution in [0.2, 0.25) is 0 Å². The lowest BCUT2D eigenvalue weighted by Gasteiger charge is -2.48. The predicted molar refractivity (Wildman–Crippen MR) is 55.4 cm³/mol. The van der Waals surface area contributed by atoms with Crippen molar-refractivity contribution in [2.24, 2.45) is 17.1 Å². The molecule has 0 aromatic rings. The number of carboxylic acids is 1. The summed E-state index contributed by atoms with van der Waals surface area (Å²) >= 11 is 0. The summed E-state index contributed by atoms with van der Waals surface area (Å²) in [6, 6.07) is 0. The average Bonchev–Trinajstić information content (AvgIpc) is 2.24. The molecule has 90 valence electrons. The van der Waals surface area contributed by atoms with Crippen LogP contribution in [0, 0.1) is 16.7 Å². The Morgan fingerprint density at radius 1 is 1.31 bits per heavy atom. The Morgan fingerprint density at radius 3 is 2.31 bits per heavy atom. The maximum atomic E-state index is 10.7. The molecule has 16 heavy (non-hydrogen) atoms. The van der Waals surface area contributed by atoms with Crippen LogP contribution in [0.3, 0.4) is 0 Å². The molecule has 1 saturated heterocycles. The van der Waals surface area contributed by atoms with Gasteiger partial charge in [-0.25, -0.2) is 0 Å². The van der Waals surface area contributed by atoms with Gasteiger partial charge in [0, 0.05) is 13.1 Å². The van der Waals surface area contributed by atoms with E-state index >= 15 is 0 Å². The molecule has 1 heterocycles. The molecular weight excluding hydrogens is 212 g/mol. The SMILES string of the molecule is O=NN1CCC(C2(O)CC(C(=O)O)C2)CC1. The Hall–Kier alpha value is -1.17. The number of aliphatic hydroxyl groups is 1. The third kappa shape index (κ3) is 1.89. The zero-order valence-electron chi connectivity index (χ0n) is 9.00. The number of hydrogen-bond acceptors (Lipinski definition) is 4. The van der Waals surface area contributed by atoms with Gasteiger partial charge in [0.1, 0.15) is 0 Å². The Bertz CT molecular complexity index is 293. The summed E-state index contributed by atoms with van der Waals surface area (Å²) in [5.74, 6) is -1.11. The Kier molecular flexibility index (Phi) is 2.84. The molecule has 1 aliphatic carbocycles. The van der Waals surface area contributed by atoms with Crippen molar-refractivity contribution in [3.05, 3.63) is 4.91 Å². The highest BCUT2D eigenvalue weighted by Gasteiger charge is 2.51. The van der Waals surface area contributed by atoms with E-state index < -0.39 is 17.5 Å². The third-order valence-corrected chi connectivity index (χ3v) is 3.90. The van der Waals surface area contributed by atoms with E-state index in [1.54, 1.807) is 0 Å². The zero-order chi connectivity index (χ0) is 11.8. The van der Waals surface area contributed by atoms with Crippen LogP contribution in [0.5, 0.6) is 0 Å². The summed E-state index contributed by atoms with van der Waals surface area (Å²) < 4.78 is 0. The van der Waals surface area contributed by atoms with Crippen LogP contribution < -0.4 is 0 Å². The van der Waals surface area contributed by atoms with Crippen molar-refractivity contribution in [3.63, 3.8) is 0 Å². The maximum Gasteiger partial charge on any atom is 0.306 e. The van der Waals surface area contributed by atoms with Crippen LogP contribution in [0.25, 0.3) is 0 Å². The second-order valence-electron chi connectivity index (χ2n) is 4.86. The van der Waals surface area contributed by atoms with Gasteiger partial charge in [0.2, 0.25) is 0 Å². The lowest BCUT2D eigenvalue weighted by Crippen LogP contribution is -2.54. The summed E-state index contributed by atoms with van der Waals surface area (Å²) in [6.45, 7) is 1.13.